The Morgan fingerprint density at radius 2 is 2.11 bits per heavy atom. The summed E-state index contributed by atoms with van der Waals surface area (Å²) in [6, 6.07) is 3.28. The zero-order valence-corrected chi connectivity index (χ0v) is 11.9. The molecule has 1 aromatic heterocycles. The molecule has 4 nitrogen and oxygen atoms in total. The zero-order valence-electron chi connectivity index (χ0n) is 10.4. The van der Waals surface area contributed by atoms with Crippen molar-refractivity contribution in [1.82, 2.24) is 4.98 Å². The largest absolute Gasteiger partial charge is 0.495 e. The number of aromatic nitrogens is 1. The summed E-state index contributed by atoms with van der Waals surface area (Å²) >= 11 is 12.2. The number of carbonyl (C=O) groups is 1. The number of rotatable bonds is 3. The molecule has 0 fully saturated rings. The minimum absolute atomic E-state index is 0.220. The van der Waals surface area contributed by atoms with E-state index in [-0.39, 0.29) is 17.2 Å². The van der Waals surface area contributed by atoms with Crippen molar-refractivity contribution in [2.75, 3.05) is 13.7 Å². The van der Waals surface area contributed by atoms with Gasteiger partial charge in [-0.1, -0.05) is 23.2 Å². The number of methoxy groups -OCH3 is 1. The molecule has 0 spiro atoms. The Bertz CT molecular complexity index is 643. The van der Waals surface area contributed by atoms with Crippen molar-refractivity contribution in [2.45, 2.75) is 6.92 Å². The molecule has 0 atom stereocenters. The Labute approximate surface area is 120 Å². The molecule has 1 aromatic carbocycles. The molecule has 0 aliphatic rings. The van der Waals surface area contributed by atoms with Crippen LogP contribution in [0.25, 0.3) is 10.9 Å². The van der Waals surface area contributed by atoms with Crippen molar-refractivity contribution in [1.29, 1.82) is 0 Å². The fourth-order valence-corrected chi connectivity index (χ4v) is 2.19. The second-order valence-electron chi connectivity index (χ2n) is 3.71. The van der Waals surface area contributed by atoms with E-state index in [1.54, 1.807) is 19.1 Å². The molecule has 0 radical (unpaired) electrons. The lowest BCUT2D eigenvalue weighted by molar-refractivity contribution is 0.0526. The van der Waals surface area contributed by atoms with Gasteiger partial charge in [0.05, 0.1) is 34.8 Å². The highest BCUT2D eigenvalue weighted by atomic mass is 35.5. The molecule has 0 bridgehead atoms. The highest BCUT2D eigenvalue weighted by molar-refractivity contribution is 6.39. The van der Waals surface area contributed by atoms with Gasteiger partial charge in [0.25, 0.3) is 0 Å². The van der Waals surface area contributed by atoms with Crippen LogP contribution < -0.4 is 4.74 Å². The number of ether oxygens (including phenoxy) is 2. The lowest BCUT2D eigenvalue weighted by atomic mass is 10.1. The first-order valence-corrected chi connectivity index (χ1v) is 6.33. The molecule has 0 unspecified atom stereocenters. The number of benzene rings is 1. The lowest BCUT2D eigenvalue weighted by Gasteiger charge is -2.09. The molecule has 100 valence electrons. The van der Waals surface area contributed by atoms with Gasteiger partial charge >= 0.3 is 5.97 Å². The summed E-state index contributed by atoms with van der Waals surface area (Å²) in [6.45, 7) is 2.00. The number of pyridine rings is 1. The molecule has 2 aromatic rings. The summed E-state index contributed by atoms with van der Waals surface area (Å²) in [5, 5.41) is 1.26. The minimum Gasteiger partial charge on any atom is -0.495 e. The van der Waals surface area contributed by atoms with Gasteiger partial charge in [-0.3, -0.25) is 4.98 Å². The summed E-state index contributed by atoms with van der Waals surface area (Å²) in [5.74, 6) is -0.00421. The molecule has 0 aliphatic heterocycles. The first kappa shape index (κ1) is 13.9. The van der Waals surface area contributed by atoms with Gasteiger partial charge in [-0.05, 0) is 13.0 Å². The maximum absolute atomic E-state index is 11.7. The normalized spacial score (nSPS) is 10.5. The Morgan fingerprint density at radius 3 is 2.74 bits per heavy atom. The predicted octanol–water partition coefficient (Wildman–Crippen LogP) is 3.73. The van der Waals surface area contributed by atoms with Crippen LogP contribution in [-0.2, 0) is 4.74 Å². The van der Waals surface area contributed by atoms with Crippen LogP contribution in [0.15, 0.2) is 18.3 Å². The molecule has 2 rings (SSSR count). The monoisotopic (exact) mass is 299 g/mol. The summed E-state index contributed by atoms with van der Waals surface area (Å²) < 4.78 is 10.0. The average Bonchev–Trinajstić information content (AvgIpc) is 2.39. The van der Waals surface area contributed by atoms with E-state index >= 15 is 0 Å². The van der Waals surface area contributed by atoms with E-state index in [0.717, 1.165) is 0 Å². The molecule has 1 heterocycles. The fraction of sp³-hybridized carbons (Fsp3) is 0.231. The van der Waals surface area contributed by atoms with Gasteiger partial charge in [0, 0.05) is 17.6 Å². The van der Waals surface area contributed by atoms with E-state index in [1.165, 1.54) is 13.3 Å². The Balaban J connectivity index is 2.61. The van der Waals surface area contributed by atoms with Crippen molar-refractivity contribution in [3.05, 3.63) is 33.9 Å². The molecule has 0 amide bonds. The highest BCUT2D eigenvalue weighted by Gasteiger charge is 2.16. The van der Waals surface area contributed by atoms with E-state index in [0.29, 0.717) is 21.7 Å². The van der Waals surface area contributed by atoms with Crippen molar-refractivity contribution in [3.8, 4) is 5.75 Å². The van der Waals surface area contributed by atoms with Crippen LogP contribution in [0.2, 0.25) is 10.0 Å². The van der Waals surface area contributed by atoms with Gasteiger partial charge < -0.3 is 9.47 Å². The van der Waals surface area contributed by atoms with Gasteiger partial charge in [-0.2, -0.15) is 0 Å². The topological polar surface area (TPSA) is 48.4 Å². The standard InChI is InChI=1S/C13H11Cl2NO3/c1-3-19-13(17)8-6-16-10-5-11(18-2)9(14)4-7(10)12(8)15/h4-6H,3H2,1-2H3. The summed E-state index contributed by atoms with van der Waals surface area (Å²) in [7, 11) is 1.52. The van der Waals surface area contributed by atoms with Crippen molar-refractivity contribution in [2.24, 2.45) is 0 Å². The quantitative estimate of drug-likeness (QED) is 0.810. The number of halogens is 2. The number of fused-ring (bicyclic) bond motifs is 1. The first-order valence-electron chi connectivity index (χ1n) is 5.57. The maximum atomic E-state index is 11.7. The van der Waals surface area contributed by atoms with Gasteiger partial charge in [0.2, 0.25) is 0 Å². The predicted molar refractivity (Wildman–Crippen MR) is 74.3 cm³/mol. The number of carbonyl (C=O) groups excluding carboxylic acids is 1. The molecule has 0 saturated carbocycles. The van der Waals surface area contributed by atoms with Gasteiger partial charge in [-0.15, -0.1) is 0 Å². The highest BCUT2D eigenvalue weighted by Crippen LogP contribution is 2.34. The minimum atomic E-state index is -0.506. The lowest BCUT2D eigenvalue weighted by Crippen LogP contribution is -2.06. The third kappa shape index (κ3) is 2.60. The number of hydrogen-bond donors (Lipinski definition) is 0. The van der Waals surface area contributed by atoms with E-state index in [1.807, 2.05) is 0 Å². The van der Waals surface area contributed by atoms with Gasteiger partial charge in [-0.25, -0.2) is 4.79 Å². The Morgan fingerprint density at radius 1 is 1.37 bits per heavy atom. The van der Waals surface area contributed by atoms with Crippen LogP contribution in [0.5, 0.6) is 5.75 Å². The first-order chi connectivity index (χ1) is 9.08. The van der Waals surface area contributed by atoms with E-state index in [2.05, 4.69) is 4.98 Å². The van der Waals surface area contributed by atoms with Crippen LogP contribution in [0.4, 0.5) is 0 Å². The second kappa shape index (κ2) is 5.63. The average molecular weight is 300 g/mol. The van der Waals surface area contributed by atoms with Gasteiger partial charge in [0.15, 0.2) is 0 Å². The van der Waals surface area contributed by atoms with E-state index in [4.69, 9.17) is 32.7 Å². The SMILES string of the molecule is CCOC(=O)c1cnc2cc(OC)c(Cl)cc2c1Cl. The van der Waals surface area contributed by atoms with E-state index in [9.17, 15) is 4.79 Å². The molecular formula is C13H11Cl2NO3. The van der Waals surface area contributed by atoms with Crippen LogP contribution in [-0.4, -0.2) is 24.7 Å². The third-order valence-corrected chi connectivity index (χ3v) is 3.27. The summed E-state index contributed by atoms with van der Waals surface area (Å²) in [5.41, 5.74) is 0.816. The van der Waals surface area contributed by atoms with Crippen molar-refractivity contribution in [3.63, 3.8) is 0 Å². The second-order valence-corrected chi connectivity index (χ2v) is 4.50. The fourth-order valence-electron chi connectivity index (χ4n) is 1.67. The third-order valence-electron chi connectivity index (χ3n) is 2.57. The Kier molecular flexibility index (Phi) is 4.12. The van der Waals surface area contributed by atoms with Crippen LogP contribution in [0.3, 0.4) is 0 Å². The molecule has 0 saturated heterocycles. The molecule has 6 heteroatoms. The summed E-state index contributed by atoms with van der Waals surface area (Å²) in [4.78, 5) is 15.9. The van der Waals surface area contributed by atoms with E-state index < -0.39 is 5.97 Å². The summed E-state index contributed by atoms with van der Waals surface area (Å²) in [6.07, 6.45) is 1.38. The van der Waals surface area contributed by atoms with Gasteiger partial charge in [0.1, 0.15) is 5.75 Å². The molecule has 0 N–H and O–H groups in total. The van der Waals surface area contributed by atoms with Crippen LogP contribution >= 0.6 is 23.2 Å². The zero-order chi connectivity index (χ0) is 14.0. The Hall–Kier alpha value is -1.52. The van der Waals surface area contributed by atoms with Crippen LogP contribution in [0, 0.1) is 0 Å². The van der Waals surface area contributed by atoms with Crippen molar-refractivity contribution >= 4 is 40.1 Å². The molecule has 0 aliphatic carbocycles. The molecular weight excluding hydrogens is 289 g/mol. The van der Waals surface area contributed by atoms with Crippen LogP contribution in [0.1, 0.15) is 17.3 Å². The number of hydrogen-bond acceptors (Lipinski definition) is 4. The van der Waals surface area contributed by atoms with Crippen molar-refractivity contribution < 1.29 is 14.3 Å². The smallest absolute Gasteiger partial charge is 0.341 e. The number of esters is 1. The number of nitrogens with zero attached hydrogens (tertiary/aromatic N) is 1. The maximum Gasteiger partial charge on any atom is 0.341 e. The molecule has 19 heavy (non-hydrogen) atoms.